The molecule has 0 radical (unpaired) electrons. The van der Waals surface area contributed by atoms with Crippen molar-refractivity contribution in [2.45, 2.75) is 0 Å². The first kappa shape index (κ1) is 12.3. The summed E-state index contributed by atoms with van der Waals surface area (Å²) < 4.78 is 2.36. The van der Waals surface area contributed by atoms with E-state index in [1.165, 1.54) is 17.8 Å². The Morgan fingerprint density at radius 2 is 2.06 bits per heavy atom. The SMILES string of the molecule is Cn1c(=O)c2c(NCCO)ccnc2n(C)c1=O. The van der Waals surface area contributed by atoms with Crippen molar-refractivity contribution in [2.75, 3.05) is 18.5 Å². The molecule has 0 saturated carbocycles. The van der Waals surface area contributed by atoms with E-state index in [4.69, 9.17) is 5.11 Å². The molecular formula is C11H14N4O3. The van der Waals surface area contributed by atoms with E-state index >= 15 is 0 Å². The molecule has 0 bridgehead atoms. The number of nitrogens with zero attached hydrogens (tertiary/aromatic N) is 3. The van der Waals surface area contributed by atoms with Gasteiger partial charge in [0.1, 0.15) is 5.39 Å². The minimum atomic E-state index is -0.417. The summed E-state index contributed by atoms with van der Waals surface area (Å²) >= 11 is 0. The van der Waals surface area contributed by atoms with E-state index in [1.807, 2.05) is 0 Å². The molecule has 0 spiro atoms. The number of pyridine rings is 1. The molecule has 0 saturated heterocycles. The monoisotopic (exact) mass is 250 g/mol. The van der Waals surface area contributed by atoms with Gasteiger partial charge >= 0.3 is 5.69 Å². The summed E-state index contributed by atoms with van der Waals surface area (Å²) in [4.78, 5) is 27.9. The third-order valence-electron chi connectivity index (χ3n) is 2.77. The summed E-state index contributed by atoms with van der Waals surface area (Å²) in [5.74, 6) is 0. The molecule has 0 aliphatic heterocycles. The zero-order valence-corrected chi connectivity index (χ0v) is 10.2. The van der Waals surface area contributed by atoms with Crippen molar-refractivity contribution in [3.05, 3.63) is 33.1 Å². The van der Waals surface area contributed by atoms with Crippen LogP contribution in [0.4, 0.5) is 5.69 Å². The average molecular weight is 250 g/mol. The lowest BCUT2D eigenvalue weighted by Gasteiger charge is -2.11. The lowest BCUT2D eigenvalue weighted by atomic mass is 10.2. The predicted octanol–water partition coefficient (Wildman–Crippen LogP) is -0.964. The van der Waals surface area contributed by atoms with Crippen molar-refractivity contribution in [2.24, 2.45) is 14.1 Å². The Kier molecular flexibility index (Phi) is 3.15. The number of anilines is 1. The first-order chi connectivity index (χ1) is 8.57. The van der Waals surface area contributed by atoms with Gasteiger partial charge in [0.05, 0.1) is 12.3 Å². The summed E-state index contributed by atoms with van der Waals surface area (Å²) in [5, 5.41) is 12.1. The lowest BCUT2D eigenvalue weighted by Crippen LogP contribution is -2.37. The van der Waals surface area contributed by atoms with Gasteiger partial charge in [-0.05, 0) is 6.07 Å². The molecule has 7 heteroatoms. The topological polar surface area (TPSA) is 89.2 Å². The number of aromatic nitrogens is 3. The van der Waals surface area contributed by atoms with Gasteiger partial charge in [-0.15, -0.1) is 0 Å². The molecule has 0 unspecified atom stereocenters. The van der Waals surface area contributed by atoms with Gasteiger partial charge in [0.2, 0.25) is 0 Å². The van der Waals surface area contributed by atoms with Crippen molar-refractivity contribution in [1.82, 2.24) is 14.1 Å². The maximum absolute atomic E-state index is 12.1. The van der Waals surface area contributed by atoms with Crippen LogP contribution in [0.1, 0.15) is 0 Å². The Morgan fingerprint density at radius 3 is 2.72 bits per heavy atom. The minimum absolute atomic E-state index is 0.0457. The summed E-state index contributed by atoms with van der Waals surface area (Å²) in [5.41, 5.74) is 0.0669. The van der Waals surface area contributed by atoms with Gasteiger partial charge < -0.3 is 10.4 Å². The molecule has 0 amide bonds. The fourth-order valence-electron chi connectivity index (χ4n) is 1.82. The third-order valence-corrected chi connectivity index (χ3v) is 2.77. The van der Waals surface area contributed by atoms with Crippen molar-refractivity contribution < 1.29 is 5.11 Å². The number of aliphatic hydroxyl groups is 1. The molecule has 7 nitrogen and oxygen atoms in total. The van der Waals surface area contributed by atoms with Crippen LogP contribution in [0.15, 0.2) is 21.9 Å². The van der Waals surface area contributed by atoms with Gasteiger partial charge in [-0.25, -0.2) is 9.78 Å². The van der Waals surface area contributed by atoms with Gasteiger partial charge in [0.25, 0.3) is 5.56 Å². The quantitative estimate of drug-likeness (QED) is 0.732. The predicted molar refractivity (Wildman–Crippen MR) is 67.8 cm³/mol. The Bertz CT molecular complexity index is 702. The molecule has 2 aromatic rings. The van der Waals surface area contributed by atoms with Crippen molar-refractivity contribution in [1.29, 1.82) is 0 Å². The molecule has 0 aromatic carbocycles. The first-order valence-corrected chi connectivity index (χ1v) is 5.47. The number of hydrogen-bond donors (Lipinski definition) is 2. The highest BCUT2D eigenvalue weighted by molar-refractivity contribution is 5.87. The summed E-state index contributed by atoms with van der Waals surface area (Å²) in [6.07, 6.45) is 1.51. The van der Waals surface area contributed by atoms with Crippen LogP contribution < -0.4 is 16.6 Å². The van der Waals surface area contributed by atoms with Crippen LogP contribution in [0.25, 0.3) is 11.0 Å². The molecule has 0 aliphatic carbocycles. The summed E-state index contributed by atoms with van der Waals surface area (Å²) in [6, 6.07) is 1.64. The largest absolute Gasteiger partial charge is 0.395 e. The van der Waals surface area contributed by atoms with E-state index in [0.29, 0.717) is 23.3 Å². The Labute approximate surface area is 102 Å². The standard InChI is InChI=1S/C11H14N4O3/c1-14-9-8(10(17)15(2)11(14)18)7(3-4-13-9)12-5-6-16/h3-4,16H,5-6H2,1-2H3,(H,12,13). The molecule has 0 fully saturated rings. The van der Waals surface area contributed by atoms with E-state index in [1.54, 1.807) is 13.1 Å². The molecule has 2 heterocycles. The Hall–Kier alpha value is -2.15. The van der Waals surface area contributed by atoms with Crippen LogP contribution in [-0.2, 0) is 14.1 Å². The van der Waals surface area contributed by atoms with Crippen LogP contribution in [0.5, 0.6) is 0 Å². The molecule has 2 rings (SSSR count). The van der Waals surface area contributed by atoms with Crippen molar-refractivity contribution in [3.63, 3.8) is 0 Å². The van der Waals surface area contributed by atoms with Gasteiger partial charge in [0.15, 0.2) is 5.65 Å². The zero-order chi connectivity index (χ0) is 13.3. The Morgan fingerprint density at radius 1 is 1.33 bits per heavy atom. The minimum Gasteiger partial charge on any atom is -0.395 e. The first-order valence-electron chi connectivity index (χ1n) is 5.47. The van der Waals surface area contributed by atoms with Crippen molar-refractivity contribution >= 4 is 16.7 Å². The second kappa shape index (κ2) is 4.61. The van der Waals surface area contributed by atoms with Gasteiger partial charge in [-0.3, -0.25) is 13.9 Å². The zero-order valence-electron chi connectivity index (χ0n) is 10.2. The van der Waals surface area contributed by atoms with Gasteiger partial charge in [-0.2, -0.15) is 0 Å². The summed E-state index contributed by atoms with van der Waals surface area (Å²) in [7, 11) is 2.99. The maximum Gasteiger partial charge on any atom is 0.332 e. The molecule has 96 valence electrons. The normalized spacial score (nSPS) is 10.8. The molecular weight excluding hydrogens is 236 g/mol. The van der Waals surface area contributed by atoms with Crippen LogP contribution >= 0.6 is 0 Å². The van der Waals surface area contributed by atoms with Crippen molar-refractivity contribution in [3.8, 4) is 0 Å². The fourth-order valence-corrected chi connectivity index (χ4v) is 1.82. The van der Waals surface area contributed by atoms with E-state index in [0.717, 1.165) is 4.57 Å². The van der Waals surface area contributed by atoms with E-state index in [9.17, 15) is 9.59 Å². The highest BCUT2D eigenvalue weighted by Gasteiger charge is 2.12. The van der Waals surface area contributed by atoms with Crippen LogP contribution in [0.2, 0.25) is 0 Å². The molecule has 2 N–H and O–H groups in total. The Balaban J connectivity index is 2.84. The summed E-state index contributed by atoms with van der Waals surface area (Å²) in [6.45, 7) is 0.279. The lowest BCUT2D eigenvalue weighted by molar-refractivity contribution is 0.311. The van der Waals surface area contributed by atoms with E-state index in [2.05, 4.69) is 10.3 Å². The number of aliphatic hydroxyl groups excluding tert-OH is 1. The molecule has 18 heavy (non-hydrogen) atoms. The smallest absolute Gasteiger partial charge is 0.332 e. The third kappa shape index (κ3) is 1.78. The van der Waals surface area contributed by atoms with E-state index < -0.39 is 11.2 Å². The van der Waals surface area contributed by atoms with Gasteiger partial charge in [-0.1, -0.05) is 0 Å². The van der Waals surface area contributed by atoms with E-state index in [-0.39, 0.29) is 6.61 Å². The number of nitrogens with one attached hydrogen (secondary N) is 1. The van der Waals surface area contributed by atoms with Crippen LogP contribution in [0, 0.1) is 0 Å². The number of rotatable bonds is 3. The number of hydrogen-bond acceptors (Lipinski definition) is 5. The van der Waals surface area contributed by atoms with Gasteiger partial charge in [0, 0.05) is 26.8 Å². The average Bonchev–Trinajstić information content (AvgIpc) is 2.40. The molecule has 0 aliphatic rings. The second-order valence-corrected chi connectivity index (χ2v) is 3.91. The highest BCUT2D eigenvalue weighted by Crippen LogP contribution is 2.15. The maximum atomic E-state index is 12.1. The van der Waals surface area contributed by atoms with Crippen LogP contribution in [-0.4, -0.2) is 32.4 Å². The molecule has 2 aromatic heterocycles. The number of fused-ring (bicyclic) bond motifs is 1. The molecule has 0 atom stereocenters. The fraction of sp³-hybridized carbons (Fsp3) is 0.364. The number of aryl methyl sites for hydroxylation is 1. The van der Waals surface area contributed by atoms with Crippen LogP contribution in [0.3, 0.4) is 0 Å². The highest BCUT2D eigenvalue weighted by atomic mass is 16.3. The second-order valence-electron chi connectivity index (χ2n) is 3.91.